The van der Waals surface area contributed by atoms with Crippen molar-refractivity contribution in [1.82, 2.24) is 10.6 Å². The molecule has 4 bridgehead atoms. The van der Waals surface area contributed by atoms with Gasteiger partial charge in [-0.3, -0.25) is 4.79 Å². The van der Waals surface area contributed by atoms with Crippen molar-refractivity contribution in [2.75, 3.05) is 6.54 Å². The molecule has 5 rings (SSSR count). The van der Waals surface area contributed by atoms with Crippen molar-refractivity contribution in [3.05, 3.63) is 35.9 Å². The first-order valence-electron chi connectivity index (χ1n) is 8.76. The molecule has 1 amide bonds. The Labute approximate surface area is 132 Å². The van der Waals surface area contributed by atoms with Crippen molar-refractivity contribution in [3.63, 3.8) is 0 Å². The topological polar surface area (TPSA) is 41.1 Å². The third-order valence-electron chi connectivity index (χ3n) is 5.99. The molecule has 22 heavy (non-hydrogen) atoms. The summed E-state index contributed by atoms with van der Waals surface area (Å²) in [6.07, 6.45) is 8.23. The van der Waals surface area contributed by atoms with Gasteiger partial charge in [0.2, 0.25) is 5.91 Å². The lowest BCUT2D eigenvalue weighted by Crippen LogP contribution is -2.59. The average molecular weight is 298 g/mol. The highest BCUT2D eigenvalue weighted by Gasteiger charge is 2.50. The fourth-order valence-corrected chi connectivity index (χ4v) is 5.45. The standard InChI is InChI=1S/C19H26N2O/c22-18(20-12-14-4-2-1-3-5-14)13-21-19-9-15-6-16(10-19)8-17(7-15)11-19/h1-5,15-17,21H,6-13H2,(H,20,22). The molecule has 1 aromatic carbocycles. The normalized spacial score (nSPS) is 35.5. The molecule has 2 N–H and O–H groups in total. The summed E-state index contributed by atoms with van der Waals surface area (Å²) in [5.41, 5.74) is 1.43. The zero-order valence-corrected chi connectivity index (χ0v) is 13.2. The lowest BCUT2D eigenvalue weighted by Gasteiger charge is -2.57. The number of hydrogen-bond acceptors (Lipinski definition) is 2. The van der Waals surface area contributed by atoms with E-state index in [9.17, 15) is 4.79 Å². The van der Waals surface area contributed by atoms with Crippen LogP contribution in [0.3, 0.4) is 0 Å². The van der Waals surface area contributed by atoms with Crippen molar-refractivity contribution in [2.24, 2.45) is 17.8 Å². The van der Waals surface area contributed by atoms with E-state index in [0.717, 1.165) is 23.3 Å². The number of hydrogen-bond donors (Lipinski definition) is 2. The van der Waals surface area contributed by atoms with E-state index in [1.807, 2.05) is 30.3 Å². The first-order chi connectivity index (χ1) is 10.7. The molecule has 0 saturated heterocycles. The zero-order valence-electron chi connectivity index (χ0n) is 13.2. The number of carbonyl (C=O) groups is 1. The molecule has 0 aromatic heterocycles. The second kappa shape index (κ2) is 5.69. The number of rotatable bonds is 5. The van der Waals surface area contributed by atoms with Crippen LogP contribution in [0.5, 0.6) is 0 Å². The molecule has 4 aliphatic carbocycles. The molecular formula is C19H26N2O. The minimum absolute atomic E-state index is 0.125. The van der Waals surface area contributed by atoms with Crippen molar-refractivity contribution >= 4 is 5.91 Å². The molecule has 3 heteroatoms. The van der Waals surface area contributed by atoms with Gasteiger partial charge in [0.25, 0.3) is 0 Å². The predicted molar refractivity (Wildman–Crippen MR) is 87.2 cm³/mol. The van der Waals surface area contributed by atoms with Gasteiger partial charge < -0.3 is 10.6 Å². The van der Waals surface area contributed by atoms with Crippen LogP contribution in [0, 0.1) is 17.8 Å². The molecule has 4 fully saturated rings. The van der Waals surface area contributed by atoms with Crippen LogP contribution in [0.4, 0.5) is 0 Å². The van der Waals surface area contributed by atoms with Crippen molar-refractivity contribution < 1.29 is 4.79 Å². The van der Waals surface area contributed by atoms with Gasteiger partial charge in [-0.15, -0.1) is 0 Å². The van der Waals surface area contributed by atoms with Crippen LogP contribution in [0.25, 0.3) is 0 Å². The van der Waals surface area contributed by atoms with Crippen LogP contribution in [0.1, 0.15) is 44.1 Å². The van der Waals surface area contributed by atoms with Crippen LogP contribution in [0.15, 0.2) is 30.3 Å². The van der Waals surface area contributed by atoms with E-state index >= 15 is 0 Å². The van der Waals surface area contributed by atoms with E-state index in [1.54, 1.807) is 0 Å². The summed E-state index contributed by atoms with van der Waals surface area (Å²) in [7, 11) is 0. The van der Waals surface area contributed by atoms with Gasteiger partial charge >= 0.3 is 0 Å². The first kappa shape index (κ1) is 14.3. The van der Waals surface area contributed by atoms with E-state index in [1.165, 1.54) is 38.5 Å². The van der Waals surface area contributed by atoms with Gasteiger partial charge in [-0.2, -0.15) is 0 Å². The van der Waals surface area contributed by atoms with Gasteiger partial charge in [-0.25, -0.2) is 0 Å². The minimum atomic E-state index is 0.125. The molecule has 3 nitrogen and oxygen atoms in total. The van der Waals surface area contributed by atoms with Crippen LogP contribution >= 0.6 is 0 Å². The van der Waals surface area contributed by atoms with Gasteiger partial charge in [0.1, 0.15) is 0 Å². The highest BCUT2D eigenvalue weighted by atomic mass is 16.1. The maximum Gasteiger partial charge on any atom is 0.234 e. The Kier molecular flexibility index (Phi) is 3.69. The highest BCUT2D eigenvalue weighted by molar-refractivity contribution is 5.78. The van der Waals surface area contributed by atoms with E-state index in [2.05, 4.69) is 10.6 Å². The van der Waals surface area contributed by atoms with E-state index in [-0.39, 0.29) is 11.4 Å². The Balaban J connectivity index is 1.28. The van der Waals surface area contributed by atoms with Gasteiger partial charge in [-0.05, 0) is 61.8 Å². The third kappa shape index (κ3) is 2.91. The predicted octanol–water partition coefficient (Wildman–Crippen LogP) is 2.86. The van der Waals surface area contributed by atoms with Gasteiger partial charge in [-0.1, -0.05) is 30.3 Å². The largest absolute Gasteiger partial charge is 0.351 e. The van der Waals surface area contributed by atoms with E-state index in [0.29, 0.717) is 13.1 Å². The quantitative estimate of drug-likeness (QED) is 0.877. The molecule has 0 atom stereocenters. The number of amides is 1. The smallest absolute Gasteiger partial charge is 0.234 e. The monoisotopic (exact) mass is 298 g/mol. The summed E-state index contributed by atoms with van der Waals surface area (Å²) in [5.74, 6) is 2.89. The minimum Gasteiger partial charge on any atom is -0.351 e. The second-order valence-corrected chi connectivity index (χ2v) is 7.81. The summed E-state index contributed by atoms with van der Waals surface area (Å²) >= 11 is 0. The number of benzene rings is 1. The molecule has 0 heterocycles. The summed E-state index contributed by atoms with van der Waals surface area (Å²) < 4.78 is 0. The summed E-state index contributed by atoms with van der Waals surface area (Å²) in [6, 6.07) is 10.1. The number of nitrogens with one attached hydrogen (secondary N) is 2. The van der Waals surface area contributed by atoms with E-state index < -0.39 is 0 Å². The lowest BCUT2D eigenvalue weighted by atomic mass is 9.53. The van der Waals surface area contributed by atoms with Crippen LogP contribution in [0.2, 0.25) is 0 Å². The summed E-state index contributed by atoms with van der Waals surface area (Å²) in [5, 5.41) is 6.68. The molecule has 0 unspecified atom stereocenters. The van der Waals surface area contributed by atoms with Crippen LogP contribution < -0.4 is 10.6 Å². The highest BCUT2D eigenvalue weighted by Crippen LogP contribution is 2.55. The van der Waals surface area contributed by atoms with E-state index in [4.69, 9.17) is 0 Å². The fraction of sp³-hybridized carbons (Fsp3) is 0.632. The zero-order chi connectivity index (χ0) is 15.0. The Morgan fingerprint density at radius 3 is 2.18 bits per heavy atom. The molecule has 1 aromatic rings. The molecular weight excluding hydrogens is 272 g/mol. The Morgan fingerprint density at radius 2 is 1.59 bits per heavy atom. The summed E-state index contributed by atoms with van der Waals surface area (Å²) in [6.45, 7) is 1.10. The number of carbonyl (C=O) groups excluding carboxylic acids is 1. The molecule has 4 saturated carbocycles. The van der Waals surface area contributed by atoms with Gasteiger partial charge in [0.15, 0.2) is 0 Å². The Bertz CT molecular complexity index is 504. The van der Waals surface area contributed by atoms with Gasteiger partial charge in [0.05, 0.1) is 6.54 Å². The average Bonchev–Trinajstić information content (AvgIpc) is 2.51. The third-order valence-corrected chi connectivity index (χ3v) is 5.99. The second-order valence-electron chi connectivity index (χ2n) is 7.81. The summed E-state index contributed by atoms with van der Waals surface area (Å²) in [4.78, 5) is 12.1. The van der Waals surface area contributed by atoms with Gasteiger partial charge in [0, 0.05) is 12.1 Å². The van der Waals surface area contributed by atoms with Crippen molar-refractivity contribution in [3.8, 4) is 0 Å². The maximum absolute atomic E-state index is 12.1. The van der Waals surface area contributed by atoms with Crippen molar-refractivity contribution in [1.29, 1.82) is 0 Å². The Hall–Kier alpha value is -1.35. The van der Waals surface area contributed by atoms with Crippen LogP contribution in [-0.2, 0) is 11.3 Å². The Morgan fingerprint density at radius 1 is 1.00 bits per heavy atom. The molecule has 4 aliphatic rings. The maximum atomic E-state index is 12.1. The SMILES string of the molecule is O=C(CNC12CC3CC(CC(C3)C1)C2)NCc1ccccc1. The van der Waals surface area contributed by atoms with Crippen molar-refractivity contribution in [2.45, 2.75) is 50.6 Å². The molecule has 0 radical (unpaired) electrons. The molecule has 0 aliphatic heterocycles. The molecule has 0 spiro atoms. The lowest BCUT2D eigenvalue weighted by molar-refractivity contribution is -0.121. The van der Waals surface area contributed by atoms with Crippen LogP contribution in [-0.4, -0.2) is 18.0 Å². The molecule has 118 valence electrons. The first-order valence-corrected chi connectivity index (χ1v) is 8.76. The fourth-order valence-electron chi connectivity index (χ4n) is 5.45.